The fourth-order valence-electron chi connectivity index (χ4n) is 1.50. The molecule has 0 atom stereocenters. The zero-order valence-corrected chi connectivity index (χ0v) is 7.34. The molecule has 0 aromatic carbocycles. The fourth-order valence-corrected chi connectivity index (χ4v) is 1.50. The third kappa shape index (κ3) is 1.34. The Labute approximate surface area is 72.6 Å². The van der Waals surface area contributed by atoms with Gasteiger partial charge in [0, 0.05) is 11.9 Å². The smallest absolute Gasteiger partial charge is 0.0734 e. The largest absolute Gasteiger partial charge is 0.376 e. The SMILES string of the molecule is CCc1cc2c(cn1)COCC2. The van der Waals surface area contributed by atoms with Crippen LogP contribution in [0.4, 0.5) is 0 Å². The summed E-state index contributed by atoms with van der Waals surface area (Å²) in [4.78, 5) is 4.33. The van der Waals surface area contributed by atoms with Crippen LogP contribution in [0.5, 0.6) is 0 Å². The quantitative estimate of drug-likeness (QED) is 0.629. The molecule has 64 valence electrons. The molecule has 1 aromatic heterocycles. The van der Waals surface area contributed by atoms with E-state index in [0.717, 1.165) is 26.1 Å². The van der Waals surface area contributed by atoms with E-state index in [1.165, 1.54) is 16.8 Å². The number of aryl methyl sites for hydroxylation is 1. The Morgan fingerprint density at radius 2 is 2.42 bits per heavy atom. The van der Waals surface area contributed by atoms with E-state index in [2.05, 4.69) is 18.0 Å². The first kappa shape index (κ1) is 7.74. The van der Waals surface area contributed by atoms with Gasteiger partial charge in [-0.3, -0.25) is 4.98 Å². The van der Waals surface area contributed by atoms with E-state index in [1.807, 2.05) is 6.20 Å². The van der Waals surface area contributed by atoms with E-state index in [0.29, 0.717) is 0 Å². The lowest BCUT2D eigenvalue weighted by atomic mass is 10.0. The molecule has 2 heteroatoms. The minimum absolute atomic E-state index is 0.742. The number of nitrogens with zero attached hydrogens (tertiary/aromatic N) is 1. The van der Waals surface area contributed by atoms with Crippen LogP contribution >= 0.6 is 0 Å². The topological polar surface area (TPSA) is 22.1 Å². The molecule has 0 fully saturated rings. The fraction of sp³-hybridized carbons (Fsp3) is 0.500. The van der Waals surface area contributed by atoms with Crippen LogP contribution in [0.1, 0.15) is 23.7 Å². The average molecular weight is 163 g/mol. The number of hydrogen-bond donors (Lipinski definition) is 0. The monoisotopic (exact) mass is 163 g/mol. The molecule has 0 bridgehead atoms. The minimum Gasteiger partial charge on any atom is -0.376 e. The Kier molecular flexibility index (Phi) is 2.09. The number of hydrogen-bond acceptors (Lipinski definition) is 2. The second-order valence-electron chi connectivity index (χ2n) is 3.10. The summed E-state index contributed by atoms with van der Waals surface area (Å²) < 4.78 is 5.33. The molecule has 0 amide bonds. The second kappa shape index (κ2) is 3.23. The van der Waals surface area contributed by atoms with Crippen LogP contribution in [-0.4, -0.2) is 11.6 Å². The molecule has 2 rings (SSSR count). The normalized spacial score (nSPS) is 15.8. The predicted octanol–water partition coefficient (Wildman–Crippen LogP) is 1.72. The van der Waals surface area contributed by atoms with Crippen LogP contribution in [0.25, 0.3) is 0 Å². The van der Waals surface area contributed by atoms with Crippen molar-refractivity contribution in [1.82, 2.24) is 4.98 Å². The van der Waals surface area contributed by atoms with E-state index < -0.39 is 0 Å². The van der Waals surface area contributed by atoms with Gasteiger partial charge < -0.3 is 4.74 Å². The summed E-state index contributed by atoms with van der Waals surface area (Å²) >= 11 is 0. The maximum atomic E-state index is 5.33. The molecule has 0 spiro atoms. The highest BCUT2D eigenvalue weighted by molar-refractivity contribution is 5.27. The number of fused-ring (bicyclic) bond motifs is 1. The molecule has 0 saturated carbocycles. The summed E-state index contributed by atoms with van der Waals surface area (Å²) in [6, 6.07) is 2.21. The number of aromatic nitrogens is 1. The maximum Gasteiger partial charge on any atom is 0.0734 e. The first-order valence-corrected chi connectivity index (χ1v) is 4.44. The Balaban J connectivity index is 2.36. The molecule has 2 nitrogen and oxygen atoms in total. The molecule has 0 N–H and O–H groups in total. The summed E-state index contributed by atoms with van der Waals surface area (Å²) in [6.45, 7) is 3.74. The third-order valence-corrected chi connectivity index (χ3v) is 2.28. The van der Waals surface area contributed by atoms with E-state index in [9.17, 15) is 0 Å². The zero-order valence-electron chi connectivity index (χ0n) is 7.34. The summed E-state index contributed by atoms with van der Waals surface area (Å²) in [7, 11) is 0. The van der Waals surface area contributed by atoms with Crippen molar-refractivity contribution in [1.29, 1.82) is 0 Å². The Hall–Kier alpha value is -0.890. The first-order chi connectivity index (χ1) is 5.90. The van der Waals surface area contributed by atoms with Crippen LogP contribution in [0.15, 0.2) is 12.3 Å². The van der Waals surface area contributed by atoms with Crippen molar-refractivity contribution in [3.63, 3.8) is 0 Å². The number of ether oxygens (including phenoxy) is 1. The van der Waals surface area contributed by atoms with E-state index in [-0.39, 0.29) is 0 Å². The molecule has 0 aliphatic carbocycles. The summed E-state index contributed by atoms with van der Waals surface area (Å²) in [5.41, 5.74) is 3.88. The van der Waals surface area contributed by atoms with Gasteiger partial charge in [0.05, 0.1) is 13.2 Å². The lowest BCUT2D eigenvalue weighted by Crippen LogP contribution is -2.10. The summed E-state index contributed by atoms with van der Waals surface area (Å²) in [5, 5.41) is 0. The number of rotatable bonds is 1. The van der Waals surface area contributed by atoms with Crippen LogP contribution in [0.2, 0.25) is 0 Å². The highest BCUT2D eigenvalue weighted by Gasteiger charge is 2.09. The van der Waals surface area contributed by atoms with Crippen molar-refractivity contribution >= 4 is 0 Å². The van der Waals surface area contributed by atoms with Crippen LogP contribution in [-0.2, 0) is 24.2 Å². The van der Waals surface area contributed by atoms with Gasteiger partial charge in [0.2, 0.25) is 0 Å². The van der Waals surface area contributed by atoms with Gasteiger partial charge in [0.1, 0.15) is 0 Å². The van der Waals surface area contributed by atoms with E-state index in [1.54, 1.807) is 0 Å². The molecule has 0 radical (unpaired) electrons. The van der Waals surface area contributed by atoms with Crippen LogP contribution in [0, 0.1) is 0 Å². The molecule has 1 aliphatic heterocycles. The van der Waals surface area contributed by atoms with Gasteiger partial charge >= 0.3 is 0 Å². The average Bonchev–Trinajstić information content (AvgIpc) is 2.17. The van der Waals surface area contributed by atoms with Gasteiger partial charge in [-0.2, -0.15) is 0 Å². The van der Waals surface area contributed by atoms with E-state index in [4.69, 9.17) is 4.74 Å². The highest BCUT2D eigenvalue weighted by atomic mass is 16.5. The standard InChI is InChI=1S/C10H13NO/c1-2-10-5-8-3-4-12-7-9(8)6-11-10/h5-6H,2-4,7H2,1H3. The molecule has 0 saturated heterocycles. The number of pyridine rings is 1. The summed E-state index contributed by atoms with van der Waals surface area (Å²) in [6.07, 6.45) is 4.02. The van der Waals surface area contributed by atoms with Crippen molar-refractivity contribution in [3.05, 3.63) is 29.1 Å². The van der Waals surface area contributed by atoms with Gasteiger partial charge in [-0.1, -0.05) is 6.92 Å². The van der Waals surface area contributed by atoms with Crippen molar-refractivity contribution < 1.29 is 4.74 Å². The van der Waals surface area contributed by atoms with Gasteiger partial charge in [0.15, 0.2) is 0 Å². The molecule has 2 heterocycles. The van der Waals surface area contributed by atoms with E-state index >= 15 is 0 Å². The first-order valence-electron chi connectivity index (χ1n) is 4.44. The summed E-state index contributed by atoms with van der Waals surface area (Å²) in [5.74, 6) is 0. The van der Waals surface area contributed by atoms with Crippen LogP contribution in [0.3, 0.4) is 0 Å². The van der Waals surface area contributed by atoms with Crippen molar-refractivity contribution in [2.75, 3.05) is 6.61 Å². The second-order valence-corrected chi connectivity index (χ2v) is 3.10. The van der Waals surface area contributed by atoms with Crippen LogP contribution < -0.4 is 0 Å². The maximum absolute atomic E-state index is 5.33. The molecule has 12 heavy (non-hydrogen) atoms. The minimum atomic E-state index is 0.742. The van der Waals surface area contributed by atoms with Gasteiger partial charge in [-0.05, 0) is 30.0 Å². The Bertz CT molecular complexity index is 283. The van der Waals surface area contributed by atoms with Crippen molar-refractivity contribution in [2.24, 2.45) is 0 Å². The lowest BCUT2D eigenvalue weighted by molar-refractivity contribution is 0.110. The highest BCUT2D eigenvalue weighted by Crippen LogP contribution is 2.16. The molecule has 1 aliphatic rings. The Morgan fingerprint density at radius 1 is 1.50 bits per heavy atom. The zero-order chi connectivity index (χ0) is 8.39. The van der Waals surface area contributed by atoms with Gasteiger partial charge in [-0.25, -0.2) is 0 Å². The molecule has 0 unspecified atom stereocenters. The molecule has 1 aromatic rings. The predicted molar refractivity (Wildman–Crippen MR) is 47.0 cm³/mol. The van der Waals surface area contributed by atoms with Crippen molar-refractivity contribution in [3.8, 4) is 0 Å². The van der Waals surface area contributed by atoms with Crippen molar-refractivity contribution in [2.45, 2.75) is 26.4 Å². The molecular formula is C10H13NO. The van der Waals surface area contributed by atoms with Gasteiger partial charge in [-0.15, -0.1) is 0 Å². The Morgan fingerprint density at radius 3 is 3.25 bits per heavy atom. The third-order valence-electron chi connectivity index (χ3n) is 2.28. The lowest BCUT2D eigenvalue weighted by Gasteiger charge is -2.16. The van der Waals surface area contributed by atoms with Gasteiger partial charge in [0.25, 0.3) is 0 Å². The molecular weight excluding hydrogens is 150 g/mol.